The molecule has 3 nitrogen and oxygen atoms in total. The summed E-state index contributed by atoms with van der Waals surface area (Å²) in [5, 5.41) is 0.718. The Kier molecular flexibility index (Phi) is 3.59. The van der Waals surface area contributed by atoms with Gasteiger partial charge in [-0.3, -0.25) is 0 Å². The minimum Gasteiger partial charge on any atom is -0.346 e. The van der Waals surface area contributed by atoms with Crippen molar-refractivity contribution in [2.24, 2.45) is 5.73 Å². The predicted molar refractivity (Wildman–Crippen MR) is 58.7 cm³/mol. The largest absolute Gasteiger partial charge is 0.346 e. The van der Waals surface area contributed by atoms with Crippen molar-refractivity contribution in [1.29, 1.82) is 0 Å². The summed E-state index contributed by atoms with van der Waals surface area (Å²) < 4.78 is 11.2. The molecule has 1 saturated heterocycles. The maximum absolute atomic E-state index is 5.80. The molecular weight excluding hydrogens is 214 g/mol. The number of ether oxygens (including phenoxy) is 2. The van der Waals surface area contributed by atoms with Crippen LogP contribution in [0.3, 0.4) is 0 Å². The average Bonchev–Trinajstić information content (AvgIpc) is 2.68. The summed E-state index contributed by atoms with van der Waals surface area (Å²) in [7, 11) is 0. The molecule has 0 amide bonds. The molecule has 1 aliphatic rings. The lowest BCUT2D eigenvalue weighted by Crippen LogP contribution is -2.15. The first-order valence-corrected chi connectivity index (χ1v) is 5.40. The van der Waals surface area contributed by atoms with Crippen molar-refractivity contribution >= 4 is 11.6 Å². The molecule has 0 bridgehead atoms. The molecule has 0 saturated carbocycles. The number of halogens is 1. The zero-order valence-corrected chi connectivity index (χ0v) is 9.11. The maximum Gasteiger partial charge on any atom is 0.184 e. The van der Waals surface area contributed by atoms with Crippen molar-refractivity contribution in [3.63, 3.8) is 0 Å². The van der Waals surface area contributed by atoms with Crippen molar-refractivity contribution in [1.82, 2.24) is 0 Å². The molecule has 0 spiro atoms. The summed E-state index contributed by atoms with van der Waals surface area (Å²) in [6.07, 6.45) is 0.693. The van der Waals surface area contributed by atoms with Gasteiger partial charge in [-0.25, -0.2) is 0 Å². The van der Waals surface area contributed by atoms with Crippen molar-refractivity contribution in [3.8, 4) is 0 Å². The van der Waals surface area contributed by atoms with Gasteiger partial charge in [-0.2, -0.15) is 0 Å². The van der Waals surface area contributed by atoms with E-state index >= 15 is 0 Å². The summed E-state index contributed by atoms with van der Waals surface area (Å²) in [6.45, 7) is 1.24. The molecule has 2 N–H and O–H groups in total. The summed E-state index contributed by atoms with van der Waals surface area (Å²) in [4.78, 5) is 0. The van der Waals surface area contributed by atoms with Crippen LogP contribution >= 0.6 is 11.6 Å². The van der Waals surface area contributed by atoms with E-state index in [2.05, 4.69) is 0 Å². The monoisotopic (exact) mass is 227 g/mol. The van der Waals surface area contributed by atoms with E-state index in [1.807, 2.05) is 24.3 Å². The lowest BCUT2D eigenvalue weighted by Gasteiger charge is -2.11. The molecule has 1 fully saturated rings. The van der Waals surface area contributed by atoms with Crippen LogP contribution in [-0.4, -0.2) is 19.3 Å². The molecule has 0 radical (unpaired) electrons. The lowest BCUT2D eigenvalue weighted by molar-refractivity contribution is -0.0607. The van der Waals surface area contributed by atoms with Gasteiger partial charge in [0, 0.05) is 10.6 Å². The molecular formula is C11H14ClNO2. The Balaban J connectivity index is 1.98. The molecule has 1 heterocycles. The van der Waals surface area contributed by atoms with Crippen molar-refractivity contribution < 1.29 is 9.47 Å². The third kappa shape index (κ3) is 2.69. The SMILES string of the molecule is NCCC1COC(c2ccc(Cl)cc2)O1. The van der Waals surface area contributed by atoms with Gasteiger partial charge in [-0.05, 0) is 25.1 Å². The Labute approximate surface area is 94.1 Å². The normalized spacial score (nSPS) is 25.7. The van der Waals surface area contributed by atoms with Gasteiger partial charge in [0.2, 0.25) is 0 Å². The van der Waals surface area contributed by atoms with E-state index in [1.54, 1.807) is 0 Å². The molecule has 1 aliphatic heterocycles. The van der Waals surface area contributed by atoms with Crippen LogP contribution in [0, 0.1) is 0 Å². The second kappa shape index (κ2) is 4.94. The molecule has 0 aromatic heterocycles. The number of nitrogens with two attached hydrogens (primary N) is 1. The number of benzene rings is 1. The zero-order valence-electron chi connectivity index (χ0n) is 8.36. The minimum absolute atomic E-state index is 0.121. The smallest absolute Gasteiger partial charge is 0.184 e. The van der Waals surface area contributed by atoms with Crippen molar-refractivity contribution in [2.75, 3.05) is 13.2 Å². The standard InChI is InChI=1S/C11H14ClNO2/c12-9-3-1-8(2-4-9)11-14-7-10(15-11)5-6-13/h1-4,10-11H,5-7,13H2. The van der Waals surface area contributed by atoms with Crippen LogP contribution in [0.15, 0.2) is 24.3 Å². The summed E-state index contributed by atoms with van der Waals surface area (Å²) in [5.74, 6) is 0. The second-order valence-electron chi connectivity index (χ2n) is 3.55. The maximum atomic E-state index is 5.80. The van der Waals surface area contributed by atoms with Gasteiger partial charge < -0.3 is 15.2 Å². The van der Waals surface area contributed by atoms with Crippen LogP contribution in [0.4, 0.5) is 0 Å². The van der Waals surface area contributed by atoms with Crippen molar-refractivity contribution in [3.05, 3.63) is 34.9 Å². The highest BCUT2D eigenvalue weighted by atomic mass is 35.5. The highest BCUT2D eigenvalue weighted by Gasteiger charge is 2.26. The number of hydrogen-bond donors (Lipinski definition) is 1. The van der Waals surface area contributed by atoms with Crippen molar-refractivity contribution in [2.45, 2.75) is 18.8 Å². The van der Waals surface area contributed by atoms with E-state index in [1.165, 1.54) is 0 Å². The fourth-order valence-electron chi connectivity index (χ4n) is 1.58. The molecule has 1 aromatic carbocycles. The van der Waals surface area contributed by atoms with Crippen LogP contribution in [0.1, 0.15) is 18.3 Å². The molecule has 1 aromatic rings. The fraction of sp³-hybridized carbons (Fsp3) is 0.455. The Morgan fingerprint density at radius 2 is 2.07 bits per heavy atom. The van der Waals surface area contributed by atoms with E-state index in [4.69, 9.17) is 26.8 Å². The van der Waals surface area contributed by atoms with Gasteiger partial charge in [-0.1, -0.05) is 23.7 Å². The summed E-state index contributed by atoms with van der Waals surface area (Å²) in [6, 6.07) is 7.50. The lowest BCUT2D eigenvalue weighted by atomic mass is 10.2. The van der Waals surface area contributed by atoms with Gasteiger partial charge in [0.05, 0.1) is 12.7 Å². The third-order valence-electron chi connectivity index (χ3n) is 2.38. The van der Waals surface area contributed by atoms with Crippen LogP contribution in [0.25, 0.3) is 0 Å². The zero-order chi connectivity index (χ0) is 10.7. The van der Waals surface area contributed by atoms with Gasteiger partial charge in [0.15, 0.2) is 6.29 Å². The van der Waals surface area contributed by atoms with Gasteiger partial charge >= 0.3 is 0 Å². The topological polar surface area (TPSA) is 44.5 Å². The first-order valence-electron chi connectivity index (χ1n) is 5.02. The van der Waals surface area contributed by atoms with Crippen LogP contribution < -0.4 is 5.73 Å². The first-order chi connectivity index (χ1) is 7.29. The van der Waals surface area contributed by atoms with E-state index in [-0.39, 0.29) is 12.4 Å². The molecule has 4 heteroatoms. The molecule has 2 rings (SSSR count). The second-order valence-corrected chi connectivity index (χ2v) is 3.99. The fourth-order valence-corrected chi connectivity index (χ4v) is 1.71. The average molecular weight is 228 g/mol. The minimum atomic E-state index is -0.265. The Morgan fingerprint density at radius 3 is 2.73 bits per heavy atom. The molecule has 2 unspecified atom stereocenters. The number of rotatable bonds is 3. The number of hydrogen-bond acceptors (Lipinski definition) is 3. The van der Waals surface area contributed by atoms with E-state index < -0.39 is 0 Å². The van der Waals surface area contributed by atoms with E-state index in [0.29, 0.717) is 13.2 Å². The highest BCUT2D eigenvalue weighted by molar-refractivity contribution is 6.30. The molecule has 15 heavy (non-hydrogen) atoms. The highest BCUT2D eigenvalue weighted by Crippen LogP contribution is 2.28. The summed E-state index contributed by atoms with van der Waals surface area (Å²) in [5.41, 5.74) is 6.46. The molecule has 0 aliphatic carbocycles. The van der Waals surface area contributed by atoms with Gasteiger partial charge in [-0.15, -0.1) is 0 Å². The predicted octanol–water partition coefficient (Wildman–Crippen LogP) is 2.10. The van der Waals surface area contributed by atoms with Crippen LogP contribution in [0.5, 0.6) is 0 Å². The summed E-state index contributed by atoms with van der Waals surface area (Å²) >= 11 is 5.80. The van der Waals surface area contributed by atoms with Gasteiger partial charge in [0.25, 0.3) is 0 Å². The van der Waals surface area contributed by atoms with E-state index in [0.717, 1.165) is 17.0 Å². The Bertz CT molecular complexity index is 315. The van der Waals surface area contributed by atoms with Crippen LogP contribution in [0.2, 0.25) is 5.02 Å². The third-order valence-corrected chi connectivity index (χ3v) is 2.63. The van der Waals surface area contributed by atoms with Gasteiger partial charge in [0.1, 0.15) is 0 Å². The quantitative estimate of drug-likeness (QED) is 0.860. The molecule has 82 valence electrons. The first kappa shape index (κ1) is 10.9. The Hall–Kier alpha value is -0.610. The van der Waals surface area contributed by atoms with Crippen LogP contribution in [-0.2, 0) is 9.47 Å². The molecule has 2 atom stereocenters. The van der Waals surface area contributed by atoms with E-state index in [9.17, 15) is 0 Å². The Morgan fingerprint density at radius 1 is 1.33 bits per heavy atom.